The van der Waals surface area contributed by atoms with E-state index in [0.29, 0.717) is 44.6 Å². The molecule has 4 rings (SSSR count). The number of hydrogen-bond acceptors (Lipinski definition) is 3. The summed E-state index contributed by atoms with van der Waals surface area (Å²) in [6.07, 6.45) is 3.93. The minimum atomic E-state index is -0.549. The third-order valence-electron chi connectivity index (χ3n) is 6.80. The van der Waals surface area contributed by atoms with Crippen LogP contribution in [0, 0.1) is 6.92 Å². The Morgan fingerprint density at radius 3 is 2.47 bits per heavy atom. The van der Waals surface area contributed by atoms with Crippen molar-refractivity contribution < 1.29 is 4.79 Å². The van der Waals surface area contributed by atoms with Crippen molar-refractivity contribution in [1.82, 2.24) is 14.5 Å². The molecule has 198 valence electrons. The van der Waals surface area contributed by atoms with E-state index in [0.717, 1.165) is 31.2 Å². The van der Waals surface area contributed by atoms with Gasteiger partial charge in [-0.15, -0.1) is 0 Å². The van der Waals surface area contributed by atoms with E-state index in [2.05, 4.69) is 6.92 Å². The van der Waals surface area contributed by atoms with Crippen molar-refractivity contribution in [3.8, 4) is 5.69 Å². The predicted molar refractivity (Wildman–Crippen MR) is 157 cm³/mol. The number of fused-ring (bicyclic) bond motifs is 1. The molecule has 1 unspecified atom stereocenters. The van der Waals surface area contributed by atoms with Gasteiger partial charge in [0.2, 0.25) is 0 Å². The van der Waals surface area contributed by atoms with E-state index >= 15 is 0 Å². The van der Waals surface area contributed by atoms with E-state index in [9.17, 15) is 9.59 Å². The molecular weight excluding hydrogens is 541 g/mol. The highest BCUT2D eigenvalue weighted by molar-refractivity contribution is 6.36. The number of benzene rings is 3. The van der Waals surface area contributed by atoms with Crippen molar-refractivity contribution in [1.29, 1.82) is 0 Å². The summed E-state index contributed by atoms with van der Waals surface area (Å²) < 4.78 is 1.59. The van der Waals surface area contributed by atoms with Gasteiger partial charge in [0.05, 0.1) is 33.2 Å². The fourth-order valence-corrected chi connectivity index (χ4v) is 5.30. The Bertz CT molecular complexity index is 1530. The van der Waals surface area contributed by atoms with E-state index in [1.165, 1.54) is 0 Å². The van der Waals surface area contributed by atoms with Crippen LogP contribution >= 0.6 is 34.8 Å². The lowest BCUT2D eigenvalue weighted by molar-refractivity contribution is 0.0677. The lowest BCUT2D eigenvalue weighted by Crippen LogP contribution is -2.38. The largest absolute Gasteiger partial charge is 0.329 e. The van der Waals surface area contributed by atoms with Gasteiger partial charge in [0.15, 0.2) is 0 Å². The Morgan fingerprint density at radius 2 is 1.74 bits per heavy atom. The molecule has 0 N–H and O–H groups in total. The van der Waals surface area contributed by atoms with Gasteiger partial charge in [-0.2, -0.15) is 0 Å². The van der Waals surface area contributed by atoms with Crippen molar-refractivity contribution >= 4 is 51.6 Å². The summed E-state index contributed by atoms with van der Waals surface area (Å²) in [5.41, 5.74) is 2.09. The SMILES string of the molecule is CCCCCCN(C(=O)c1ccc(Cl)cc1Cl)C(C)c1nc2ccccc2c(=O)n1-c1cccc(Cl)c1C. The fraction of sp³-hybridized carbons (Fsp3) is 0.300. The summed E-state index contributed by atoms with van der Waals surface area (Å²) >= 11 is 19.0. The number of unbranched alkanes of at least 4 members (excludes halogenated alkanes) is 3. The number of para-hydroxylation sites is 1. The lowest BCUT2D eigenvalue weighted by Gasteiger charge is -2.31. The Balaban J connectivity index is 1.90. The molecule has 0 aliphatic rings. The van der Waals surface area contributed by atoms with Crippen LogP contribution in [0.1, 0.15) is 67.3 Å². The average molecular weight is 571 g/mol. The summed E-state index contributed by atoms with van der Waals surface area (Å²) in [6.45, 7) is 6.39. The number of aromatic nitrogens is 2. The molecule has 3 aromatic carbocycles. The van der Waals surface area contributed by atoms with Crippen molar-refractivity contribution in [2.24, 2.45) is 0 Å². The summed E-state index contributed by atoms with van der Waals surface area (Å²) in [4.78, 5) is 34.5. The van der Waals surface area contributed by atoms with E-state index in [1.54, 1.807) is 39.8 Å². The van der Waals surface area contributed by atoms with Gasteiger partial charge < -0.3 is 4.90 Å². The van der Waals surface area contributed by atoms with Gasteiger partial charge in [0, 0.05) is 16.6 Å². The summed E-state index contributed by atoms with van der Waals surface area (Å²) in [7, 11) is 0. The average Bonchev–Trinajstić information content (AvgIpc) is 2.90. The van der Waals surface area contributed by atoms with Crippen LogP contribution in [0.3, 0.4) is 0 Å². The second-order valence-electron chi connectivity index (χ2n) is 9.37. The minimum absolute atomic E-state index is 0.217. The minimum Gasteiger partial charge on any atom is -0.329 e. The molecule has 1 amide bonds. The molecule has 1 atom stereocenters. The molecule has 0 saturated carbocycles. The predicted octanol–water partition coefficient (Wildman–Crippen LogP) is 8.44. The molecule has 8 heteroatoms. The first-order chi connectivity index (χ1) is 18.2. The normalized spacial score (nSPS) is 12.1. The number of halogens is 3. The molecule has 0 fully saturated rings. The first kappa shape index (κ1) is 28.2. The zero-order chi connectivity index (χ0) is 27.4. The topological polar surface area (TPSA) is 55.2 Å². The molecule has 0 radical (unpaired) electrons. The van der Waals surface area contributed by atoms with Crippen LogP contribution < -0.4 is 5.56 Å². The van der Waals surface area contributed by atoms with Crippen molar-refractivity contribution in [2.45, 2.75) is 52.5 Å². The maximum atomic E-state index is 13.9. The highest BCUT2D eigenvalue weighted by Crippen LogP contribution is 2.30. The van der Waals surface area contributed by atoms with Crippen molar-refractivity contribution in [3.05, 3.63) is 103 Å². The Morgan fingerprint density at radius 1 is 0.974 bits per heavy atom. The molecule has 0 bridgehead atoms. The summed E-state index contributed by atoms with van der Waals surface area (Å²) in [5, 5.41) is 1.77. The van der Waals surface area contributed by atoms with Gasteiger partial charge in [-0.25, -0.2) is 4.98 Å². The van der Waals surface area contributed by atoms with Gasteiger partial charge in [0.25, 0.3) is 11.5 Å². The van der Waals surface area contributed by atoms with Crippen LogP contribution in [-0.2, 0) is 0 Å². The standard InChI is InChI=1S/C30H30Cl3N3O2/c1-4-5-6-9-17-35(29(37)22-16-15-21(31)18-25(22)33)20(3)28-34-26-13-8-7-11-23(26)30(38)36(28)27-14-10-12-24(32)19(27)2/h7-8,10-16,18,20H,4-6,9,17H2,1-3H3. The van der Waals surface area contributed by atoms with E-state index < -0.39 is 6.04 Å². The number of carbonyl (C=O) groups is 1. The van der Waals surface area contributed by atoms with E-state index in [-0.39, 0.29) is 16.5 Å². The molecule has 0 aliphatic heterocycles. The molecule has 4 aromatic rings. The van der Waals surface area contributed by atoms with Gasteiger partial charge in [-0.1, -0.05) is 79.2 Å². The second-order valence-corrected chi connectivity index (χ2v) is 10.6. The molecule has 5 nitrogen and oxygen atoms in total. The number of rotatable bonds is 9. The monoisotopic (exact) mass is 569 g/mol. The third kappa shape index (κ3) is 5.75. The van der Waals surface area contributed by atoms with Crippen molar-refractivity contribution in [3.63, 3.8) is 0 Å². The van der Waals surface area contributed by atoms with Gasteiger partial charge in [-0.05, 0) is 68.3 Å². The van der Waals surface area contributed by atoms with Gasteiger partial charge in [0.1, 0.15) is 5.82 Å². The van der Waals surface area contributed by atoms with Crippen LogP contribution in [0.4, 0.5) is 0 Å². The second kappa shape index (κ2) is 12.3. The molecule has 38 heavy (non-hydrogen) atoms. The van der Waals surface area contributed by atoms with Gasteiger partial charge >= 0.3 is 0 Å². The zero-order valence-corrected chi connectivity index (χ0v) is 23.9. The van der Waals surface area contributed by atoms with Crippen LogP contribution in [0.2, 0.25) is 15.1 Å². The van der Waals surface area contributed by atoms with Crippen LogP contribution in [0.25, 0.3) is 16.6 Å². The first-order valence-corrected chi connectivity index (χ1v) is 13.9. The van der Waals surface area contributed by atoms with E-state index in [4.69, 9.17) is 39.8 Å². The highest BCUT2D eigenvalue weighted by Gasteiger charge is 2.29. The molecule has 1 heterocycles. The summed E-state index contributed by atoms with van der Waals surface area (Å²) in [5.74, 6) is 0.209. The quantitative estimate of drug-likeness (QED) is 0.190. The summed E-state index contributed by atoms with van der Waals surface area (Å²) in [6, 6.07) is 17.0. The Kier molecular flexibility index (Phi) is 9.14. The smallest absolute Gasteiger partial charge is 0.266 e. The van der Waals surface area contributed by atoms with Crippen LogP contribution in [-0.4, -0.2) is 26.9 Å². The molecule has 0 saturated heterocycles. The van der Waals surface area contributed by atoms with Crippen molar-refractivity contribution in [2.75, 3.05) is 6.54 Å². The van der Waals surface area contributed by atoms with Crippen LogP contribution in [0.15, 0.2) is 65.5 Å². The fourth-order valence-electron chi connectivity index (χ4n) is 4.64. The highest BCUT2D eigenvalue weighted by atomic mass is 35.5. The van der Waals surface area contributed by atoms with Crippen LogP contribution in [0.5, 0.6) is 0 Å². The molecule has 0 spiro atoms. The molecular formula is C30H30Cl3N3O2. The number of carbonyl (C=O) groups excluding carboxylic acids is 1. The maximum absolute atomic E-state index is 13.9. The third-order valence-corrected chi connectivity index (χ3v) is 7.76. The Hall–Kier alpha value is -2.86. The van der Waals surface area contributed by atoms with E-state index in [1.807, 2.05) is 44.2 Å². The Labute approximate surface area is 238 Å². The zero-order valence-electron chi connectivity index (χ0n) is 21.7. The number of hydrogen-bond donors (Lipinski definition) is 0. The first-order valence-electron chi connectivity index (χ1n) is 12.8. The number of amides is 1. The van der Waals surface area contributed by atoms with Gasteiger partial charge in [-0.3, -0.25) is 14.2 Å². The lowest BCUT2D eigenvalue weighted by atomic mass is 10.1. The number of nitrogens with zero attached hydrogens (tertiary/aromatic N) is 3. The molecule has 1 aromatic heterocycles. The maximum Gasteiger partial charge on any atom is 0.266 e. The molecule has 0 aliphatic carbocycles.